The van der Waals surface area contributed by atoms with Gasteiger partial charge in [0.15, 0.2) is 0 Å². The number of aryl methyl sites for hydroxylation is 1. The molecule has 41 heavy (non-hydrogen) atoms. The first-order valence-corrected chi connectivity index (χ1v) is 14.0. The zero-order valence-electron chi connectivity index (χ0n) is 24.1. The van der Waals surface area contributed by atoms with Crippen LogP contribution in [0.1, 0.15) is 43.2 Å². The van der Waals surface area contributed by atoms with Crippen molar-refractivity contribution in [2.75, 3.05) is 66.7 Å². The SMILES string of the molecule is COOC(=O)CN(CC(=O)OC)C1CCCCC1N(CC(=O)O)Cc1cc(CCCN(CCO)CCO)ccc1O. The number of hydrogen-bond acceptors (Lipinski definition) is 12. The van der Waals surface area contributed by atoms with Crippen molar-refractivity contribution in [3.63, 3.8) is 0 Å². The van der Waals surface area contributed by atoms with Crippen LogP contribution < -0.4 is 0 Å². The lowest BCUT2D eigenvalue weighted by atomic mass is 9.87. The monoisotopic (exact) mass is 583 g/mol. The van der Waals surface area contributed by atoms with Crippen molar-refractivity contribution < 1.29 is 49.3 Å². The Morgan fingerprint density at radius 1 is 0.902 bits per heavy atom. The molecular weight excluding hydrogens is 538 g/mol. The highest BCUT2D eigenvalue weighted by molar-refractivity contribution is 5.74. The Morgan fingerprint density at radius 3 is 2.12 bits per heavy atom. The minimum Gasteiger partial charge on any atom is -0.508 e. The molecule has 1 fully saturated rings. The van der Waals surface area contributed by atoms with Gasteiger partial charge in [0.25, 0.3) is 0 Å². The Labute approximate surface area is 241 Å². The zero-order chi connectivity index (χ0) is 30.2. The highest BCUT2D eigenvalue weighted by atomic mass is 17.2. The van der Waals surface area contributed by atoms with E-state index < -0.39 is 17.9 Å². The van der Waals surface area contributed by atoms with E-state index in [1.54, 1.807) is 15.9 Å². The Morgan fingerprint density at radius 2 is 1.54 bits per heavy atom. The summed E-state index contributed by atoms with van der Waals surface area (Å²) >= 11 is 0. The molecule has 0 saturated heterocycles. The molecule has 0 spiro atoms. The lowest BCUT2D eigenvalue weighted by molar-refractivity contribution is -0.256. The number of rotatable bonds is 19. The van der Waals surface area contributed by atoms with Gasteiger partial charge in [0.05, 0.1) is 40.5 Å². The molecule has 0 amide bonds. The molecule has 2 unspecified atom stereocenters. The highest BCUT2D eigenvalue weighted by Gasteiger charge is 2.37. The number of methoxy groups -OCH3 is 1. The number of hydrogen-bond donors (Lipinski definition) is 4. The van der Waals surface area contributed by atoms with Gasteiger partial charge in [0.1, 0.15) is 12.3 Å². The molecule has 0 radical (unpaired) electrons. The van der Waals surface area contributed by atoms with E-state index in [4.69, 9.17) is 4.74 Å². The van der Waals surface area contributed by atoms with Crippen molar-refractivity contribution in [1.29, 1.82) is 0 Å². The molecule has 0 aliphatic heterocycles. The van der Waals surface area contributed by atoms with Crippen LogP contribution >= 0.6 is 0 Å². The Bertz CT molecular complexity index is 957. The summed E-state index contributed by atoms with van der Waals surface area (Å²) in [6, 6.07) is 4.62. The largest absolute Gasteiger partial charge is 0.508 e. The van der Waals surface area contributed by atoms with Gasteiger partial charge in [-0.25, -0.2) is 4.79 Å². The van der Waals surface area contributed by atoms with E-state index in [-0.39, 0.29) is 57.2 Å². The molecule has 1 aliphatic carbocycles. The molecule has 1 saturated carbocycles. The molecule has 0 heterocycles. The minimum atomic E-state index is -1.03. The van der Waals surface area contributed by atoms with Gasteiger partial charge >= 0.3 is 17.9 Å². The number of carbonyl (C=O) groups is 3. The fraction of sp³-hybridized carbons (Fsp3) is 0.679. The van der Waals surface area contributed by atoms with Gasteiger partial charge < -0.3 is 25.2 Å². The third kappa shape index (κ3) is 11.9. The first kappa shape index (κ1) is 34.4. The average Bonchev–Trinajstić information content (AvgIpc) is 2.94. The number of carbonyl (C=O) groups excluding carboxylic acids is 2. The van der Waals surface area contributed by atoms with E-state index in [9.17, 15) is 34.8 Å². The predicted octanol–water partition coefficient (Wildman–Crippen LogP) is 0.389. The molecule has 2 atom stereocenters. The molecule has 232 valence electrons. The number of phenolic OH excluding ortho intramolecular Hbond substituents is 1. The number of aliphatic hydroxyl groups excluding tert-OH is 2. The van der Waals surface area contributed by atoms with Gasteiger partial charge in [0.2, 0.25) is 0 Å². The Kier molecular flexibility index (Phi) is 15.6. The van der Waals surface area contributed by atoms with Crippen LogP contribution in [0.2, 0.25) is 0 Å². The summed E-state index contributed by atoms with van der Waals surface area (Å²) in [4.78, 5) is 51.0. The first-order chi connectivity index (χ1) is 19.7. The van der Waals surface area contributed by atoms with Gasteiger partial charge in [0, 0.05) is 37.3 Å². The second-order valence-electron chi connectivity index (χ2n) is 10.2. The molecule has 2 rings (SSSR count). The predicted molar refractivity (Wildman–Crippen MR) is 148 cm³/mol. The topological polar surface area (TPSA) is 170 Å². The smallest absolute Gasteiger partial charge is 0.356 e. The van der Waals surface area contributed by atoms with Crippen LogP contribution in [0, 0.1) is 0 Å². The normalized spacial score (nSPS) is 17.2. The van der Waals surface area contributed by atoms with Crippen LogP contribution in [0.25, 0.3) is 0 Å². The summed E-state index contributed by atoms with van der Waals surface area (Å²) in [6.45, 7) is 1.10. The minimum absolute atomic E-state index is 0.00948. The summed E-state index contributed by atoms with van der Waals surface area (Å²) in [7, 11) is 2.47. The van der Waals surface area contributed by atoms with Crippen molar-refractivity contribution in [2.45, 2.75) is 57.2 Å². The fourth-order valence-electron chi connectivity index (χ4n) is 5.48. The lowest BCUT2D eigenvalue weighted by Crippen LogP contribution is -2.56. The van der Waals surface area contributed by atoms with Crippen LogP contribution in [0.4, 0.5) is 0 Å². The number of esters is 1. The Balaban J connectivity index is 2.26. The molecule has 4 N–H and O–H groups in total. The van der Waals surface area contributed by atoms with E-state index in [0.29, 0.717) is 44.5 Å². The van der Waals surface area contributed by atoms with E-state index in [0.717, 1.165) is 24.8 Å². The van der Waals surface area contributed by atoms with Gasteiger partial charge in [-0.3, -0.25) is 29.2 Å². The molecule has 13 nitrogen and oxygen atoms in total. The molecule has 1 aromatic rings. The number of carboxylic acid groups (broad SMARTS) is 1. The first-order valence-electron chi connectivity index (χ1n) is 14.0. The summed E-state index contributed by atoms with van der Waals surface area (Å²) in [6.07, 6.45) is 4.41. The number of aromatic hydroxyl groups is 1. The van der Waals surface area contributed by atoms with Crippen molar-refractivity contribution in [3.8, 4) is 5.75 Å². The van der Waals surface area contributed by atoms with E-state index in [2.05, 4.69) is 9.78 Å². The van der Waals surface area contributed by atoms with Crippen LogP contribution in [0.3, 0.4) is 0 Å². The number of carboxylic acids is 1. The van der Waals surface area contributed by atoms with Gasteiger partial charge in [-0.2, -0.15) is 4.89 Å². The van der Waals surface area contributed by atoms with Gasteiger partial charge in [-0.05, 0) is 43.9 Å². The number of aliphatic carboxylic acids is 1. The van der Waals surface area contributed by atoms with Crippen LogP contribution in [-0.4, -0.2) is 132 Å². The molecule has 13 heteroatoms. The summed E-state index contributed by atoms with van der Waals surface area (Å²) in [5.41, 5.74) is 1.55. The highest BCUT2D eigenvalue weighted by Crippen LogP contribution is 2.30. The molecular formula is C28H45N3O10. The quantitative estimate of drug-likeness (QED) is 0.100. The second kappa shape index (κ2) is 18.6. The molecule has 0 aromatic heterocycles. The summed E-state index contributed by atoms with van der Waals surface area (Å²) in [5.74, 6) is -2.21. The van der Waals surface area contributed by atoms with E-state index in [1.165, 1.54) is 14.2 Å². The molecule has 1 aliphatic rings. The maximum atomic E-state index is 12.3. The average molecular weight is 584 g/mol. The zero-order valence-corrected chi connectivity index (χ0v) is 24.1. The number of aliphatic hydroxyl groups is 2. The van der Waals surface area contributed by atoms with Gasteiger partial charge in [-0.15, -0.1) is 0 Å². The Hall–Kier alpha value is -2.81. The third-order valence-electron chi connectivity index (χ3n) is 7.33. The standard InChI is InChI=1S/C28H45N3O10/c1-39-27(37)19-31(20-28(38)41-40-2)24-8-4-3-7-23(24)30(18-26(35)36)17-22-16-21(9-10-25(22)34)6-5-11-29(12-14-32)13-15-33/h9-10,16,23-24,32-34H,3-8,11-15,17-20H2,1-2H3,(H,35,36). The summed E-state index contributed by atoms with van der Waals surface area (Å²) in [5, 5.41) is 38.9. The number of ether oxygens (including phenoxy) is 1. The fourth-order valence-corrected chi connectivity index (χ4v) is 5.48. The van der Waals surface area contributed by atoms with E-state index in [1.807, 2.05) is 17.0 Å². The van der Waals surface area contributed by atoms with Crippen molar-refractivity contribution in [2.24, 2.45) is 0 Å². The number of nitrogens with zero attached hydrogens (tertiary/aromatic N) is 3. The molecule has 1 aromatic carbocycles. The molecule has 0 bridgehead atoms. The number of phenols is 1. The maximum Gasteiger partial charge on any atom is 0.356 e. The van der Waals surface area contributed by atoms with Crippen LogP contribution in [-0.2, 0) is 41.9 Å². The van der Waals surface area contributed by atoms with Crippen LogP contribution in [0.15, 0.2) is 18.2 Å². The van der Waals surface area contributed by atoms with Crippen molar-refractivity contribution in [3.05, 3.63) is 29.3 Å². The lowest BCUT2D eigenvalue weighted by Gasteiger charge is -2.44. The van der Waals surface area contributed by atoms with Crippen molar-refractivity contribution >= 4 is 17.9 Å². The van der Waals surface area contributed by atoms with Gasteiger partial charge in [-0.1, -0.05) is 25.0 Å². The number of benzene rings is 1. The van der Waals surface area contributed by atoms with Crippen LogP contribution in [0.5, 0.6) is 5.75 Å². The van der Waals surface area contributed by atoms with E-state index >= 15 is 0 Å². The third-order valence-corrected chi connectivity index (χ3v) is 7.33. The maximum absolute atomic E-state index is 12.3. The summed E-state index contributed by atoms with van der Waals surface area (Å²) < 4.78 is 4.84. The van der Waals surface area contributed by atoms with Crippen molar-refractivity contribution in [1.82, 2.24) is 14.7 Å². The second-order valence-corrected chi connectivity index (χ2v) is 10.2.